The Labute approximate surface area is 131 Å². The molecule has 0 aliphatic heterocycles. The van der Waals surface area contributed by atoms with Gasteiger partial charge in [-0.2, -0.15) is 0 Å². The van der Waals surface area contributed by atoms with E-state index in [1.54, 1.807) is 0 Å². The molecular formula is C12H29NO8P+. The minimum atomic E-state index is -4.21. The summed E-state index contributed by atoms with van der Waals surface area (Å²) in [5, 5.41) is 18.2. The number of ether oxygens (including phenoxy) is 2. The molecule has 0 aromatic rings. The van der Waals surface area contributed by atoms with Gasteiger partial charge >= 0.3 is 7.82 Å². The minimum absolute atomic E-state index is 0.0589. The van der Waals surface area contributed by atoms with Crippen molar-refractivity contribution >= 4 is 7.82 Å². The SMILES string of the molecule is CC(O)OCC(COP(=O)(O)OCC[N+](C)(C)C)OC(C)O. The van der Waals surface area contributed by atoms with Crippen LogP contribution in [-0.2, 0) is 23.1 Å². The lowest BCUT2D eigenvalue weighted by Crippen LogP contribution is -2.37. The summed E-state index contributed by atoms with van der Waals surface area (Å²) in [5.41, 5.74) is 0. The topological polar surface area (TPSA) is 115 Å². The normalized spacial score (nSPS) is 19.5. The smallest absolute Gasteiger partial charge is 0.368 e. The second kappa shape index (κ2) is 9.92. The maximum absolute atomic E-state index is 11.7. The molecule has 4 atom stereocenters. The maximum atomic E-state index is 11.7. The van der Waals surface area contributed by atoms with Crippen LogP contribution < -0.4 is 0 Å². The van der Waals surface area contributed by atoms with Crippen LogP contribution in [0.3, 0.4) is 0 Å². The molecule has 0 radical (unpaired) electrons. The number of rotatable bonds is 12. The first kappa shape index (κ1) is 21.9. The number of hydrogen-bond donors (Lipinski definition) is 3. The van der Waals surface area contributed by atoms with Crippen molar-refractivity contribution < 1.29 is 42.7 Å². The van der Waals surface area contributed by atoms with Gasteiger partial charge in [0, 0.05) is 0 Å². The monoisotopic (exact) mass is 346 g/mol. The zero-order valence-corrected chi connectivity index (χ0v) is 14.7. The predicted octanol–water partition coefficient (Wildman–Crippen LogP) is -0.0954. The molecule has 0 aromatic heterocycles. The van der Waals surface area contributed by atoms with Crippen molar-refractivity contribution in [3.8, 4) is 0 Å². The predicted molar refractivity (Wildman–Crippen MR) is 78.8 cm³/mol. The number of quaternary nitrogens is 1. The number of aliphatic hydroxyl groups excluding tert-OH is 2. The largest absolute Gasteiger partial charge is 0.472 e. The van der Waals surface area contributed by atoms with Crippen LogP contribution in [0.15, 0.2) is 0 Å². The fraction of sp³-hybridized carbons (Fsp3) is 1.00. The van der Waals surface area contributed by atoms with Crippen molar-refractivity contribution in [1.29, 1.82) is 0 Å². The number of aliphatic hydroxyl groups is 2. The van der Waals surface area contributed by atoms with Gasteiger partial charge in [-0.15, -0.1) is 0 Å². The van der Waals surface area contributed by atoms with Crippen LogP contribution in [0, 0.1) is 0 Å². The van der Waals surface area contributed by atoms with Crippen molar-refractivity contribution in [2.45, 2.75) is 32.5 Å². The Bertz CT molecular complexity index is 345. The van der Waals surface area contributed by atoms with E-state index in [1.165, 1.54) is 13.8 Å². The summed E-state index contributed by atoms with van der Waals surface area (Å²) >= 11 is 0. The van der Waals surface area contributed by atoms with Crippen molar-refractivity contribution in [1.82, 2.24) is 0 Å². The third kappa shape index (κ3) is 13.6. The van der Waals surface area contributed by atoms with Gasteiger partial charge in [0.25, 0.3) is 0 Å². The number of phosphoric ester groups is 1. The molecule has 0 aromatic carbocycles. The molecule has 0 saturated carbocycles. The van der Waals surface area contributed by atoms with E-state index in [2.05, 4.69) is 0 Å². The number of likely N-dealkylation sites (N-methyl/N-ethyl adjacent to an activating group) is 1. The molecule has 0 amide bonds. The van der Waals surface area contributed by atoms with E-state index in [-0.39, 0.29) is 19.8 Å². The zero-order chi connectivity index (χ0) is 17.4. The van der Waals surface area contributed by atoms with Crippen LogP contribution in [0.5, 0.6) is 0 Å². The standard InChI is InChI=1S/C12H28NO8P/c1-10(14)18-8-12(21-11(2)15)9-20-22(16,17)19-7-6-13(3,4)5/h10-12,14-15H,6-9H2,1-5H3/p+1. The van der Waals surface area contributed by atoms with E-state index < -0.39 is 26.5 Å². The van der Waals surface area contributed by atoms with Gasteiger partial charge < -0.3 is 29.1 Å². The Hall–Kier alpha value is -0.0900. The van der Waals surface area contributed by atoms with Crippen molar-refractivity contribution in [3.05, 3.63) is 0 Å². The van der Waals surface area contributed by atoms with Crippen LogP contribution in [0.25, 0.3) is 0 Å². The Morgan fingerprint density at radius 2 is 1.64 bits per heavy atom. The molecule has 0 aliphatic rings. The van der Waals surface area contributed by atoms with E-state index in [1.807, 2.05) is 21.1 Å². The molecule has 0 rings (SSSR count). The number of hydrogen-bond acceptors (Lipinski definition) is 7. The van der Waals surface area contributed by atoms with Crippen LogP contribution in [-0.4, -0.2) is 85.8 Å². The molecule has 0 aliphatic carbocycles. The number of nitrogens with zero attached hydrogens (tertiary/aromatic N) is 1. The molecule has 22 heavy (non-hydrogen) atoms. The lowest BCUT2D eigenvalue weighted by Gasteiger charge is -2.24. The Balaban J connectivity index is 4.26. The van der Waals surface area contributed by atoms with Gasteiger partial charge in [0.2, 0.25) is 0 Å². The molecule has 0 bridgehead atoms. The lowest BCUT2D eigenvalue weighted by molar-refractivity contribution is -0.870. The summed E-state index contributed by atoms with van der Waals surface area (Å²) in [6.45, 7) is 2.95. The van der Waals surface area contributed by atoms with Crippen LogP contribution in [0.4, 0.5) is 0 Å². The first-order chi connectivity index (χ1) is 9.91. The third-order valence-corrected chi connectivity index (χ3v) is 3.34. The molecule has 134 valence electrons. The Morgan fingerprint density at radius 1 is 1.05 bits per heavy atom. The molecule has 3 N–H and O–H groups in total. The summed E-state index contributed by atoms with van der Waals surface area (Å²) in [6, 6.07) is 0. The molecule has 0 spiro atoms. The van der Waals surface area contributed by atoms with Crippen LogP contribution in [0.1, 0.15) is 13.8 Å². The summed E-state index contributed by atoms with van der Waals surface area (Å²) in [4.78, 5) is 9.57. The van der Waals surface area contributed by atoms with Crippen molar-refractivity contribution in [3.63, 3.8) is 0 Å². The molecular weight excluding hydrogens is 317 g/mol. The van der Waals surface area contributed by atoms with E-state index in [0.29, 0.717) is 11.0 Å². The summed E-state index contributed by atoms with van der Waals surface area (Å²) < 4.78 is 32.0. The second-order valence-electron chi connectivity index (χ2n) is 5.90. The summed E-state index contributed by atoms with van der Waals surface area (Å²) in [6.07, 6.45) is -2.96. The molecule has 9 nitrogen and oxygen atoms in total. The quantitative estimate of drug-likeness (QED) is 0.255. The summed E-state index contributed by atoms with van der Waals surface area (Å²) in [7, 11) is 1.56. The van der Waals surface area contributed by atoms with E-state index >= 15 is 0 Å². The fourth-order valence-electron chi connectivity index (χ4n) is 1.30. The highest BCUT2D eigenvalue weighted by atomic mass is 31.2. The first-order valence-electron chi connectivity index (χ1n) is 6.97. The Morgan fingerprint density at radius 3 is 2.09 bits per heavy atom. The van der Waals surface area contributed by atoms with E-state index in [9.17, 15) is 14.6 Å². The van der Waals surface area contributed by atoms with Crippen molar-refractivity contribution in [2.75, 3.05) is 47.5 Å². The molecule has 10 heteroatoms. The van der Waals surface area contributed by atoms with Gasteiger partial charge in [-0.05, 0) is 13.8 Å². The highest BCUT2D eigenvalue weighted by Gasteiger charge is 2.25. The molecule has 0 heterocycles. The van der Waals surface area contributed by atoms with Gasteiger partial charge in [0.05, 0.1) is 34.4 Å². The first-order valence-corrected chi connectivity index (χ1v) is 8.46. The van der Waals surface area contributed by atoms with Gasteiger partial charge in [-0.1, -0.05) is 0 Å². The molecule has 0 saturated heterocycles. The van der Waals surface area contributed by atoms with Crippen LogP contribution in [0.2, 0.25) is 0 Å². The van der Waals surface area contributed by atoms with Gasteiger partial charge in [0.15, 0.2) is 12.6 Å². The van der Waals surface area contributed by atoms with E-state index in [0.717, 1.165) is 0 Å². The third-order valence-electron chi connectivity index (χ3n) is 2.35. The summed E-state index contributed by atoms with van der Waals surface area (Å²) in [5.74, 6) is 0. The lowest BCUT2D eigenvalue weighted by atomic mass is 10.4. The van der Waals surface area contributed by atoms with Gasteiger partial charge in [-0.25, -0.2) is 4.57 Å². The highest BCUT2D eigenvalue weighted by molar-refractivity contribution is 7.47. The van der Waals surface area contributed by atoms with E-state index in [4.69, 9.17) is 23.6 Å². The maximum Gasteiger partial charge on any atom is 0.472 e. The number of phosphoric acid groups is 1. The highest BCUT2D eigenvalue weighted by Crippen LogP contribution is 2.43. The van der Waals surface area contributed by atoms with Crippen LogP contribution >= 0.6 is 7.82 Å². The molecule has 0 fully saturated rings. The van der Waals surface area contributed by atoms with Crippen molar-refractivity contribution in [2.24, 2.45) is 0 Å². The van der Waals surface area contributed by atoms with Gasteiger partial charge in [0.1, 0.15) is 19.3 Å². The average Bonchev–Trinajstić information content (AvgIpc) is 2.30. The second-order valence-corrected chi connectivity index (χ2v) is 7.36. The zero-order valence-electron chi connectivity index (χ0n) is 13.8. The fourth-order valence-corrected chi connectivity index (χ4v) is 2.04. The Kier molecular flexibility index (Phi) is 9.88. The average molecular weight is 346 g/mol. The van der Waals surface area contributed by atoms with Gasteiger partial charge in [-0.3, -0.25) is 9.05 Å². The molecule has 4 unspecified atom stereocenters. The minimum Gasteiger partial charge on any atom is -0.368 e.